The highest BCUT2D eigenvalue weighted by atomic mass is 17.5. The highest BCUT2D eigenvalue weighted by Gasteiger charge is 2.13. The van der Waals surface area contributed by atoms with Gasteiger partial charge in [0.15, 0.2) is 0 Å². The average molecular weight is 316 g/mol. The largest absolute Gasteiger partial charge is 0.543 e. The Morgan fingerprint density at radius 1 is 0.826 bits per heavy atom. The van der Waals surface area contributed by atoms with E-state index in [1.165, 1.54) is 0 Å². The fourth-order valence-electron chi connectivity index (χ4n) is 1.77. The molecule has 0 radical (unpaired) electrons. The van der Waals surface area contributed by atoms with E-state index in [0.717, 1.165) is 11.1 Å². The summed E-state index contributed by atoms with van der Waals surface area (Å²) < 4.78 is 4.62. The Kier molecular flexibility index (Phi) is 5.71. The Morgan fingerprint density at radius 3 is 2.04 bits per heavy atom. The molecule has 0 amide bonds. The summed E-state index contributed by atoms with van der Waals surface area (Å²) in [5.74, 6) is -0.790. The molecule has 0 aliphatic carbocycles. The second-order valence-electron chi connectivity index (χ2n) is 4.88. The van der Waals surface area contributed by atoms with Crippen LogP contribution in [0, 0.1) is 0 Å². The molecular formula is C17H16O6. The Balaban J connectivity index is 1.87. The molecule has 2 aromatic carbocycles. The van der Waals surface area contributed by atoms with Crippen molar-refractivity contribution in [2.45, 2.75) is 20.0 Å². The zero-order chi connectivity index (χ0) is 16.7. The Bertz CT molecular complexity index is 649. The number of benzene rings is 2. The van der Waals surface area contributed by atoms with Crippen LogP contribution in [0.3, 0.4) is 0 Å². The maximum absolute atomic E-state index is 11.7. The molecule has 6 heteroatoms. The molecular weight excluding hydrogens is 300 g/mol. The minimum atomic E-state index is -1.09. The van der Waals surface area contributed by atoms with E-state index in [4.69, 9.17) is 0 Å². The van der Waals surface area contributed by atoms with Crippen molar-refractivity contribution >= 4 is 12.1 Å². The lowest BCUT2D eigenvalue weighted by molar-refractivity contribution is -0.452. The summed E-state index contributed by atoms with van der Waals surface area (Å²) in [4.78, 5) is 31.2. The molecule has 0 fully saturated rings. The lowest BCUT2D eigenvalue weighted by atomic mass is 10.0. The molecule has 0 aliphatic rings. The predicted octanol–water partition coefficient (Wildman–Crippen LogP) is 3.92. The quantitative estimate of drug-likeness (QED) is 0.473. The average Bonchev–Trinajstić information content (AvgIpc) is 2.55. The Morgan fingerprint density at radius 2 is 1.43 bits per heavy atom. The minimum absolute atomic E-state index is 0.255. The van der Waals surface area contributed by atoms with Crippen LogP contribution in [0.5, 0.6) is 0 Å². The van der Waals surface area contributed by atoms with Crippen LogP contribution >= 0.6 is 0 Å². The molecule has 0 spiro atoms. The molecule has 0 aromatic heterocycles. The molecule has 2 rings (SSSR count). The van der Waals surface area contributed by atoms with Gasteiger partial charge in [-0.25, -0.2) is 14.5 Å². The van der Waals surface area contributed by atoms with Crippen molar-refractivity contribution in [3.63, 3.8) is 0 Å². The van der Waals surface area contributed by atoms with E-state index in [1.807, 2.05) is 30.3 Å². The van der Waals surface area contributed by atoms with Crippen molar-refractivity contribution in [1.29, 1.82) is 0 Å². The molecule has 0 unspecified atom stereocenters. The fraction of sp³-hybridized carbons (Fsp3) is 0.176. The minimum Gasteiger partial charge on any atom is -0.430 e. The van der Waals surface area contributed by atoms with Crippen LogP contribution in [0.25, 0.3) is 11.1 Å². The number of rotatable bonds is 5. The second kappa shape index (κ2) is 7.95. The van der Waals surface area contributed by atoms with Crippen LogP contribution in [-0.4, -0.2) is 18.2 Å². The third kappa shape index (κ3) is 5.12. The van der Waals surface area contributed by atoms with Gasteiger partial charge in [-0.05, 0) is 37.1 Å². The van der Waals surface area contributed by atoms with Crippen LogP contribution in [0.15, 0.2) is 54.6 Å². The van der Waals surface area contributed by atoms with Gasteiger partial charge < -0.3 is 4.74 Å². The third-order valence-electron chi connectivity index (χ3n) is 2.77. The molecule has 0 saturated carbocycles. The number of ether oxygens (including phenoxy) is 1. The summed E-state index contributed by atoms with van der Waals surface area (Å²) in [6, 6.07) is 16.4. The van der Waals surface area contributed by atoms with Crippen molar-refractivity contribution in [3.05, 3.63) is 60.2 Å². The van der Waals surface area contributed by atoms with Gasteiger partial charge in [0.25, 0.3) is 0 Å². The predicted molar refractivity (Wildman–Crippen MR) is 81.1 cm³/mol. The lowest BCUT2D eigenvalue weighted by Gasteiger charge is -2.06. The molecule has 0 bridgehead atoms. The summed E-state index contributed by atoms with van der Waals surface area (Å²) in [5, 5.41) is 4.10. The van der Waals surface area contributed by atoms with Crippen LogP contribution < -0.4 is 0 Å². The van der Waals surface area contributed by atoms with Crippen molar-refractivity contribution in [1.82, 2.24) is 0 Å². The standard InChI is InChI=1S/C17H16O6/c1-12(2)20-17(19)22-23-21-16(18)15-10-8-14(9-11-15)13-6-4-3-5-7-13/h3-12H,1-2H3. The van der Waals surface area contributed by atoms with Crippen LogP contribution in [-0.2, 0) is 19.6 Å². The first kappa shape index (κ1) is 16.5. The van der Waals surface area contributed by atoms with Gasteiger partial charge in [-0.2, -0.15) is 0 Å². The molecule has 120 valence electrons. The zero-order valence-electron chi connectivity index (χ0n) is 12.7. The van der Waals surface area contributed by atoms with E-state index in [2.05, 4.69) is 19.6 Å². The number of hydrogen-bond acceptors (Lipinski definition) is 6. The van der Waals surface area contributed by atoms with E-state index in [9.17, 15) is 9.59 Å². The monoisotopic (exact) mass is 316 g/mol. The summed E-state index contributed by atoms with van der Waals surface area (Å²) in [6.07, 6.45) is -1.46. The molecule has 0 heterocycles. The normalized spacial score (nSPS) is 10.2. The van der Waals surface area contributed by atoms with E-state index >= 15 is 0 Å². The molecule has 23 heavy (non-hydrogen) atoms. The summed E-state index contributed by atoms with van der Waals surface area (Å²) >= 11 is 0. The van der Waals surface area contributed by atoms with Crippen molar-refractivity contribution < 1.29 is 29.1 Å². The number of hydrogen-bond donors (Lipinski definition) is 0. The van der Waals surface area contributed by atoms with E-state index in [0.29, 0.717) is 0 Å². The SMILES string of the molecule is CC(C)OC(=O)OOOC(=O)c1ccc(-c2ccccc2)cc1. The molecule has 0 N–H and O–H groups in total. The highest BCUT2D eigenvalue weighted by molar-refractivity contribution is 5.89. The van der Waals surface area contributed by atoms with Gasteiger partial charge >= 0.3 is 12.1 Å². The third-order valence-corrected chi connectivity index (χ3v) is 2.77. The zero-order valence-corrected chi connectivity index (χ0v) is 12.7. The maximum atomic E-state index is 11.7. The molecule has 0 atom stereocenters. The van der Waals surface area contributed by atoms with Crippen molar-refractivity contribution in [2.75, 3.05) is 0 Å². The number of carbonyl (C=O) groups is 2. The molecule has 0 saturated heterocycles. The molecule has 6 nitrogen and oxygen atoms in total. The van der Waals surface area contributed by atoms with E-state index in [1.54, 1.807) is 38.1 Å². The Hall–Kier alpha value is -2.86. The van der Waals surface area contributed by atoms with Crippen molar-refractivity contribution in [2.24, 2.45) is 0 Å². The summed E-state index contributed by atoms with van der Waals surface area (Å²) in [5.41, 5.74) is 2.24. The first-order chi connectivity index (χ1) is 11.1. The lowest BCUT2D eigenvalue weighted by Crippen LogP contribution is -2.15. The smallest absolute Gasteiger partial charge is 0.430 e. The van der Waals surface area contributed by atoms with Gasteiger partial charge in [-0.15, -0.1) is 0 Å². The van der Waals surface area contributed by atoms with Gasteiger partial charge in [-0.1, -0.05) is 42.5 Å². The second-order valence-corrected chi connectivity index (χ2v) is 4.88. The van der Waals surface area contributed by atoms with Crippen LogP contribution in [0.1, 0.15) is 24.2 Å². The van der Waals surface area contributed by atoms with Gasteiger partial charge in [-0.3, -0.25) is 4.89 Å². The van der Waals surface area contributed by atoms with E-state index < -0.39 is 12.1 Å². The van der Waals surface area contributed by atoms with Crippen LogP contribution in [0.4, 0.5) is 4.79 Å². The van der Waals surface area contributed by atoms with Crippen LogP contribution in [0.2, 0.25) is 0 Å². The first-order valence-electron chi connectivity index (χ1n) is 6.98. The fourth-order valence-corrected chi connectivity index (χ4v) is 1.77. The molecule has 0 aliphatic heterocycles. The highest BCUT2D eigenvalue weighted by Crippen LogP contribution is 2.19. The van der Waals surface area contributed by atoms with Crippen molar-refractivity contribution in [3.8, 4) is 11.1 Å². The number of carbonyl (C=O) groups excluding carboxylic acids is 2. The Labute approximate surface area is 133 Å². The van der Waals surface area contributed by atoms with E-state index in [-0.39, 0.29) is 11.7 Å². The topological polar surface area (TPSA) is 71.1 Å². The maximum Gasteiger partial charge on any atom is 0.543 e. The summed E-state index contributed by atoms with van der Waals surface area (Å²) in [6.45, 7) is 3.28. The summed E-state index contributed by atoms with van der Waals surface area (Å²) in [7, 11) is 0. The van der Waals surface area contributed by atoms with Gasteiger partial charge in [0.2, 0.25) is 0 Å². The first-order valence-corrected chi connectivity index (χ1v) is 6.98. The van der Waals surface area contributed by atoms with Gasteiger partial charge in [0.1, 0.15) is 0 Å². The van der Waals surface area contributed by atoms with Gasteiger partial charge in [0.05, 0.1) is 16.7 Å². The van der Waals surface area contributed by atoms with Gasteiger partial charge in [0, 0.05) is 0 Å². The molecule has 2 aromatic rings.